The van der Waals surface area contributed by atoms with Crippen molar-refractivity contribution >= 4 is 26.8 Å². The monoisotopic (exact) mass is 377 g/mol. The van der Waals surface area contributed by atoms with Gasteiger partial charge in [-0.2, -0.15) is 0 Å². The van der Waals surface area contributed by atoms with E-state index in [4.69, 9.17) is 0 Å². The molecule has 2 atom stereocenters. The third kappa shape index (κ3) is 4.57. The molecule has 0 aliphatic carbocycles. The lowest BCUT2D eigenvalue weighted by Gasteiger charge is -2.16. The molecule has 3 rings (SSSR count). The summed E-state index contributed by atoms with van der Waals surface area (Å²) in [5, 5.41) is 11.4. The first kappa shape index (κ1) is 18.8. The lowest BCUT2D eigenvalue weighted by Crippen LogP contribution is -2.33. The van der Waals surface area contributed by atoms with Crippen molar-refractivity contribution in [1.82, 2.24) is 14.6 Å². The van der Waals surface area contributed by atoms with Gasteiger partial charge in [0.1, 0.15) is 0 Å². The number of sulfonamides is 1. The number of aliphatic hydroxyl groups is 1. The van der Waals surface area contributed by atoms with Gasteiger partial charge >= 0.3 is 0 Å². The van der Waals surface area contributed by atoms with Gasteiger partial charge in [-0.25, -0.2) is 13.1 Å². The van der Waals surface area contributed by atoms with Gasteiger partial charge in [0.2, 0.25) is 15.9 Å². The Morgan fingerprint density at radius 2 is 2.08 bits per heavy atom. The Morgan fingerprint density at radius 3 is 2.85 bits per heavy atom. The fourth-order valence-electron chi connectivity index (χ4n) is 3.38. The maximum atomic E-state index is 12.3. The summed E-state index contributed by atoms with van der Waals surface area (Å²) in [4.78, 5) is 18.2. The van der Waals surface area contributed by atoms with Gasteiger partial charge < -0.3 is 10.0 Å². The Bertz CT molecular complexity index is 895. The topological polar surface area (TPSA) is 99.6 Å². The van der Waals surface area contributed by atoms with E-state index >= 15 is 0 Å². The number of hydrogen-bond acceptors (Lipinski definition) is 5. The Hall–Kier alpha value is -2.03. The molecule has 0 radical (unpaired) electrons. The van der Waals surface area contributed by atoms with Crippen molar-refractivity contribution in [3.8, 4) is 0 Å². The first-order valence-electron chi connectivity index (χ1n) is 8.56. The second-order valence-corrected chi connectivity index (χ2v) is 8.57. The average molecular weight is 377 g/mol. The average Bonchev–Trinajstić information content (AvgIpc) is 2.95. The number of hydrogen-bond donors (Lipinski definition) is 2. The maximum Gasteiger partial charge on any atom is 0.223 e. The van der Waals surface area contributed by atoms with Gasteiger partial charge in [-0.05, 0) is 24.1 Å². The molecule has 8 heteroatoms. The molecule has 2 heterocycles. The number of β-amino-alcohol motifs (C(OH)–C–C–N with tert-alkyl or cyclic N) is 1. The SMILES string of the molecule is CS(=O)(=O)NCCC(=O)N1C[C@@H](Cc2ccnc3ccccc23)[C@@H](O)C1. The number of likely N-dealkylation sites (tertiary alicyclic amines) is 1. The number of para-hydroxylation sites is 1. The summed E-state index contributed by atoms with van der Waals surface area (Å²) in [6, 6.07) is 9.82. The van der Waals surface area contributed by atoms with Gasteiger partial charge in [-0.15, -0.1) is 0 Å². The van der Waals surface area contributed by atoms with Crippen LogP contribution in [0.1, 0.15) is 12.0 Å². The van der Waals surface area contributed by atoms with Crippen LogP contribution >= 0.6 is 0 Å². The summed E-state index contributed by atoms with van der Waals surface area (Å²) in [5.74, 6) is -0.199. The second kappa shape index (κ2) is 7.69. The zero-order valence-corrected chi connectivity index (χ0v) is 15.4. The summed E-state index contributed by atoms with van der Waals surface area (Å²) in [6.07, 6.45) is 2.99. The second-order valence-electron chi connectivity index (χ2n) is 6.73. The number of nitrogens with zero attached hydrogens (tertiary/aromatic N) is 2. The van der Waals surface area contributed by atoms with Crippen LogP contribution in [-0.2, 0) is 21.2 Å². The van der Waals surface area contributed by atoms with Crippen LogP contribution in [0.3, 0.4) is 0 Å². The highest BCUT2D eigenvalue weighted by Gasteiger charge is 2.34. The van der Waals surface area contributed by atoms with Crippen LogP contribution in [0.2, 0.25) is 0 Å². The van der Waals surface area contributed by atoms with Gasteiger partial charge in [0, 0.05) is 43.6 Å². The molecule has 140 valence electrons. The zero-order valence-electron chi connectivity index (χ0n) is 14.6. The Balaban J connectivity index is 1.62. The predicted octanol–water partition coefficient (Wildman–Crippen LogP) is 0.536. The summed E-state index contributed by atoms with van der Waals surface area (Å²) >= 11 is 0. The van der Waals surface area contributed by atoms with Crippen LogP contribution in [-0.4, -0.2) is 61.3 Å². The van der Waals surface area contributed by atoms with Gasteiger partial charge in [-0.1, -0.05) is 18.2 Å². The quantitative estimate of drug-likeness (QED) is 0.765. The summed E-state index contributed by atoms with van der Waals surface area (Å²) < 4.78 is 24.4. The molecule has 0 bridgehead atoms. The first-order chi connectivity index (χ1) is 12.3. The predicted molar refractivity (Wildman–Crippen MR) is 99.0 cm³/mol. The lowest BCUT2D eigenvalue weighted by molar-refractivity contribution is -0.130. The number of carbonyl (C=O) groups excluding carboxylic acids is 1. The molecule has 1 aromatic carbocycles. The zero-order chi connectivity index (χ0) is 18.7. The number of aromatic nitrogens is 1. The maximum absolute atomic E-state index is 12.3. The molecule has 0 spiro atoms. The van der Waals surface area contributed by atoms with E-state index in [1.165, 1.54) is 0 Å². The van der Waals surface area contributed by atoms with Gasteiger partial charge in [0.05, 0.1) is 17.9 Å². The smallest absolute Gasteiger partial charge is 0.223 e. The molecular formula is C18H23N3O4S. The summed E-state index contributed by atoms with van der Waals surface area (Å²) in [5.41, 5.74) is 2.02. The number of rotatable bonds is 6. The Morgan fingerprint density at radius 1 is 1.31 bits per heavy atom. The highest BCUT2D eigenvalue weighted by atomic mass is 32.2. The number of aliphatic hydroxyl groups excluding tert-OH is 1. The fourth-order valence-corrected chi connectivity index (χ4v) is 3.85. The van der Waals surface area contributed by atoms with Crippen LogP contribution in [0.15, 0.2) is 36.5 Å². The van der Waals surface area contributed by atoms with Crippen LogP contribution in [0.4, 0.5) is 0 Å². The Labute approximate surface area is 153 Å². The normalized spacial score (nSPS) is 20.6. The van der Waals surface area contributed by atoms with Gasteiger partial charge in [-0.3, -0.25) is 9.78 Å². The van der Waals surface area contributed by atoms with Crippen molar-refractivity contribution in [1.29, 1.82) is 0 Å². The highest BCUT2D eigenvalue weighted by Crippen LogP contribution is 2.25. The van der Waals surface area contributed by atoms with E-state index in [1.807, 2.05) is 30.3 Å². The number of carbonyl (C=O) groups is 1. The van der Waals surface area contributed by atoms with Crippen molar-refractivity contribution in [3.05, 3.63) is 42.1 Å². The number of pyridine rings is 1. The van der Waals surface area contributed by atoms with Gasteiger partial charge in [0.15, 0.2) is 0 Å². The highest BCUT2D eigenvalue weighted by molar-refractivity contribution is 7.88. The molecular weight excluding hydrogens is 354 g/mol. The molecule has 0 saturated carbocycles. The third-order valence-corrected chi connectivity index (χ3v) is 5.41. The van der Waals surface area contributed by atoms with Crippen molar-refractivity contribution in [3.63, 3.8) is 0 Å². The molecule has 2 N–H and O–H groups in total. The number of benzene rings is 1. The van der Waals surface area contributed by atoms with E-state index in [-0.39, 0.29) is 31.3 Å². The molecule has 7 nitrogen and oxygen atoms in total. The molecule has 1 saturated heterocycles. The van der Waals surface area contributed by atoms with Crippen LogP contribution < -0.4 is 4.72 Å². The number of amides is 1. The van der Waals surface area contributed by atoms with E-state index < -0.39 is 16.1 Å². The van der Waals surface area contributed by atoms with E-state index in [1.54, 1.807) is 11.1 Å². The number of nitrogens with one attached hydrogen (secondary N) is 1. The van der Waals surface area contributed by atoms with Crippen molar-refractivity contribution < 1.29 is 18.3 Å². The van der Waals surface area contributed by atoms with E-state index in [2.05, 4.69) is 9.71 Å². The van der Waals surface area contributed by atoms with E-state index in [0.29, 0.717) is 13.0 Å². The van der Waals surface area contributed by atoms with Gasteiger partial charge in [0.25, 0.3) is 0 Å². The minimum atomic E-state index is -3.30. The van der Waals surface area contributed by atoms with Crippen molar-refractivity contribution in [2.24, 2.45) is 5.92 Å². The minimum Gasteiger partial charge on any atom is -0.391 e. The molecule has 1 fully saturated rings. The molecule has 1 amide bonds. The molecule has 2 aromatic rings. The van der Waals surface area contributed by atoms with Crippen molar-refractivity contribution in [2.75, 3.05) is 25.9 Å². The van der Waals surface area contributed by atoms with E-state index in [9.17, 15) is 18.3 Å². The van der Waals surface area contributed by atoms with Crippen LogP contribution in [0.25, 0.3) is 10.9 Å². The van der Waals surface area contributed by atoms with E-state index in [0.717, 1.165) is 22.7 Å². The summed E-state index contributed by atoms with van der Waals surface area (Å²) in [6.45, 7) is 0.824. The number of fused-ring (bicyclic) bond motifs is 1. The molecule has 1 aliphatic rings. The van der Waals surface area contributed by atoms with Crippen LogP contribution in [0, 0.1) is 5.92 Å². The van der Waals surface area contributed by atoms with Crippen LogP contribution in [0.5, 0.6) is 0 Å². The fraction of sp³-hybridized carbons (Fsp3) is 0.444. The third-order valence-electron chi connectivity index (χ3n) is 4.68. The molecule has 1 aliphatic heterocycles. The standard InChI is InChI=1S/C18H23N3O4S/c1-26(24,25)20-9-7-18(23)21-11-14(17(22)12-21)10-13-6-8-19-16-5-3-2-4-15(13)16/h2-6,8,14,17,20,22H,7,9-12H2,1H3/t14-,17+/m1/s1. The van der Waals surface area contributed by atoms with Crippen molar-refractivity contribution in [2.45, 2.75) is 18.9 Å². The Kier molecular flexibility index (Phi) is 5.55. The molecule has 1 aromatic heterocycles. The lowest BCUT2D eigenvalue weighted by atomic mass is 9.94. The largest absolute Gasteiger partial charge is 0.391 e. The minimum absolute atomic E-state index is 0.0485. The molecule has 0 unspecified atom stereocenters. The first-order valence-corrected chi connectivity index (χ1v) is 10.5. The summed E-state index contributed by atoms with van der Waals surface area (Å²) in [7, 11) is -3.30. The molecule has 26 heavy (non-hydrogen) atoms.